The van der Waals surface area contributed by atoms with Crippen LogP contribution >= 0.6 is 15.9 Å². The third-order valence-electron chi connectivity index (χ3n) is 1.81. The van der Waals surface area contributed by atoms with Gasteiger partial charge in [-0.2, -0.15) is 0 Å². The van der Waals surface area contributed by atoms with Gasteiger partial charge < -0.3 is 11.5 Å². The first-order valence-corrected chi connectivity index (χ1v) is 4.66. The van der Waals surface area contributed by atoms with Gasteiger partial charge >= 0.3 is 0 Å². The first-order valence-electron chi connectivity index (χ1n) is 3.87. The molecule has 1 aromatic carbocycles. The lowest BCUT2D eigenvalue weighted by Crippen LogP contribution is -2.21. The van der Waals surface area contributed by atoms with Crippen molar-refractivity contribution in [3.63, 3.8) is 0 Å². The highest BCUT2D eigenvalue weighted by atomic mass is 79.9. The minimum Gasteiger partial charge on any atom is -0.329 e. The fourth-order valence-electron chi connectivity index (χ4n) is 1.06. The number of hydrogen-bond acceptors (Lipinski definition) is 2. The third-order valence-corrected chi connectivity index (χ3v) is 2.50. The van der Waals surface area contributed by atoms with Crippen LogP contribution in [0, 0.1) is 6.92 Å². The van der Waals surface area contributed by atoms with E-state index in [4.69, 9.17) is 11.5 Å². The summed E-state index contributed by atoms with van der Waals surface area (Å²) < 4.78 is 1.04. The highest BCUT2D eigenvalue weighted by molar-refractivity contribution is 9.10. The molecule has 0 aliphatic carbocycles. The molecule has 0 amide bonds. The maximum atomic E-state index is 5.79. The molecule has 0 aromatic heterocycles. The first kappa shape index (κ1) is 9.71. The Morgan fingerprint density at radius 1 is 1.50 bits per heavy atom. The monoisotopic (exact) mass is 228 g/mol. The van der Waals surface area contributed by atoms with Crippen LogP contribution in [0.4, 0.5) is 0 Å². The van der Waals surface area contributed by atoms with Gasteiger partial charge in [0.25, 0.3) is 0 Å². The van der Waals surface area contributed by atoms with Crippen LogP contribution in [-0.2, 0) is 0 Å². The van der Waals surface area contributed by atoms with Gasteiger partial charge in [0.2, 0.25) is 0 Å². The summed E-state index contributed by atoms with van der Waals surface area (Å²) in [5.41, 5.74) is 13.5. The molecule has 1 aromatic rings. The summed E-state index contributed by atoms with van der Waals surface area (Å²) in [6, 6.07) is 6.03. The molecule has 4 N–H and O–H groups in total. The summed E-state index contributed by atoms with van der Waals surface area (Å²) in [7, 11) is 0. The Morgan fingerprint density at radius 2 is 2.17 bits per heavy atom. The van der Waals surface area contributed by atoms with Crippen LogP contribution in [0.25, 0.3) is 0 Å². The van der Waals surface area contributed by atoms with Crippen molar-refractivity contribution in [2.75, 3.05) is 6.54 Å². The van der Waals surface area contributed by atoms with Gasteiger partial charge in [0, 0.05) is 17.1 Å². The maximum absolute atomic E-state index is 5.79. The Bertz CT molecular complexity index is 273. The highest BCUT2D eigenvalue weighted by Gasteiger charge is 2.06. The largest absolute Gasteiger partial charge is 0.329 e. The van der Waals surface area contributed by atoms with Gasteiger partial charge in [0.05, 0.1) is 0 Å². The van der Waals surface area contributed by atoms with E-state index in [0.717, 1.165) is 10.0 Å². The maximum Gasteiger partial charge on any atom is 0.0430 e. The predicted molar refractivity (Wildman–Crippen MR) is 54.9 cm³/mol. The van der Waals surface area contributed by atoms with Gasteiger partial charge in [-0.05, 0) is 24.1 Å². The van der Waals surface area contributed by atoms with E-state index in [0.29, 0.717) is 6.54 Å². The van der Waals surface area contributed by atoms with Gasteiger partial charge in [0.15, 0.2) is 0 Å². The van der Waals surface area contributed by atoms with Crippen LogP contribution < -0.4 is 11.5 Å². The van der Waals surface area contributed by atoms with E-state index >= 15 is 0 Å². The van der Waals surface area contributed by atoms with Gasteiger partial charge in [-0.25, -0.2) is 0 Å². The van der Waals surface area contributed by atoms with E-state index in [2.05, 4.69) is 15.9 Å². The molecule has 0 radical (unpaired) electrons. The molecule has 0 spiro atoms. The smallest absolute Gasteiger partial charge is 0.0430 e. The highest BCUT2D eigenvalue weighted by Crippen LogP contribution is 2.22. The summed E-state index contributed by atoms with van der Waals surface area (Å²) in [6.45, 7) is 2.52. The lowest BCUT2D eigenvalue weighted by Gasteiger charge is -2.11. The van der Waals surface area contributed by atoms with Gasteiger partial charge in [-0.15, -0.1) is 0 Å². The van der Waals surface area contributed by atoms with E-state index < -0.39 is 0 Å². The zero-order valence-electron chi connectivity index (χ0n) is 7.05. The van der Waals surface area contributed by atoms with E-state index in [1.54, 1.807) is 0 Å². The summed E-state index contributed by atoms with van der Waals surface area (Å²) in [5, 5.41) is 0. The van der Waals surface area contributed by atoms with Crippen molar-refractivity contribution in [1.29, 1.82) is 0 Å². The molecule has 0 bridgehead atoms. The second-order valence-electron chi connectivity index (χ2n) is 2.87. The molecule has 0 fully saturated rings. The number of aryl methyl sites for hydroxylation is 1. The van der Waals surface area contributed by atoms with Crippen LogP contribution in [0.15, 0.2) is 22.7 Å². The number of nitrogens with two attached hydrogens (primary N) is 2. The molecule has 0 aliphatic heterocycles. The topological polar surface area (TPSA) is 52.0 Å². The molecule has 66 valence electrons. The number of hydrogen-bond donors (Lipinski definition) is 2. The Labute approximate surface area is 81.1 Å². The fourth-order valence-corrected chi connectivity index (χ4v) is 1.85. The molecule has 0 saturated carbocycles. The molecule has 1 rings (SSSR count). The number of rotatable bonds is 2. The molecule has 0 aliphatic rings. The summed E-state index contributed by atoms with van der Waals surface area (Å²) in [6.07, 6.45) is 0. The van der Waals surface area contributed by atoms with Crippen molar-refractivity contribution < 1.29 is 0 Å². The molecule has 0 saturated heterocycles. The average molecular weight is 229 g/mol. The van der Waals surface area contributed by atoms with Crippen molar-refractivity contribution in [3.8, 4) is 0 Å². The zero-order valence-corrected chi connectivity index (χ0v) is 8.64. The number of benzene rings is 1. The molecule has 2 nitrogen and oxygen atoms in total. The predicted octanol–water partition coefficient (Wildman–Crippen LogP) is 1.72. The SMILES string of the molecule is Cc1ccc([C@@H](N)CN)c(Br)c1. The van der Waals surface area contributed by atoms with Gasteiger partial charge in [-0.3, -0.25) is 0 Å². The Kier molecular flexibility index (Phi) is 3.26. The average Bonchev–Trinajstić information content (AvgIpc) is 2.03. The second kappa shape index (κ2) is 4.03. The molecular formula is C9H13BrN2. The lowest BCUT2D eigenvalue weighted by atomic mass is 10.1. The molecule has 0 heterocycles. The Balaban J connectivity index is 3.01. The van der Waals surface area contributed by atoms with Crippen LogP contribution in [0.5, 0.6) is 0 Å². The lowest BCUT2D eigenvalue weighted by molar-refractivity contribution is 0.733. The third kappa shape index (κ3) is 2.06. The Hall–Kier alpha value is -0.380. The Morgan fingerprint density at radius 3 is 2.67 bits per heavy atom. The van der Waals surface area contributed by atoms with Crippen LogP contribution in [0.3, 0.4) is 0 Å². The van der Waals surface area contributed by atoms with E-state index in [1.165, 1.54) is 5.56 Å². The summed E-state index contributed by atoms with van der Waals surface area (Å²) in [5.74, 6) is 0. The molecule has 0 unspecified atom stereocenters. The zero-order chi connectivity index (χ0) is 9.14. The van der Waals surface area contributed by atoms with Crippen molar-refractivity contribution in [2.24, 2.45) is 11.5 Å². The van der Waals surface area contributed by atoms with E-state index in [-0.39, 0.29) is 6.04 Å². The number of halogens is 1. The van der Waals surface area contributed by atoms with Crippen molar-refractivity contribution >= 4 is 15.9 Å². The quantitative estimate of drug-likeness (QED) is 0.811. The van der Waals surface area contributed by atoms with Crippen LogP contribution in [-0.4, -0.2) is 6.54 Å². The van der Waals surface area contributed by atoms with Crippen LogP contribution in [0.1, 0.15) is 17.2 Å². The first-order chi connectivity index (χ1) is 5.65. The van der Waals surface area contributed by atoms with Gasteiger partial charge in [-0.1, -0.05) is 28.1 Å². The molecule has 3 heteroatoms. The minimum absolute atomic E-state index is 0.0695. The van der Waals surface area contributed by atoms with Crippen LogP contribution in [0.2, 0.25) is 0 Å². The summed E-state index contributed by atoms with van der Waals surface area (Å²) in [4.78, 5) is 0. The van der Waals surface area contributed by atoms with Gasteiger partial charge in [0.1, 0.15) is 0 Å². The normalized spacial score (nSPS) is 13.0. The minimum atomic E-state index is -0.0695. The van der Waals surface area contributed by atoms with E-state index in [1.807, 2.05) is 25.1 Å². The fraction of sp³-hybridized carbons (Fsp3) is 0.333. The second-order valence-corrected chi connectivity index (χ2v) is 3.72. The van der Waals surface area contributed by atoms with Crippen molar-refractivity contribution in [1.82, 2.24) is 0 Å². The summed E-state index contributed by atoms with van der Waals surface area (Å²) >= 11 is 3.45. The standard InChI is InChI=1S/C9H13BrN2/c1-6-2-3-7(8(10)4-6)9(12)5-11/h2-4,9H,5,11-12H2,1H3/t9-/m0/s1. The molecule has 12 heavy (non-hydrogen) atoms. The van der Waals surface area contributed by atoms with Crippen molar-refractivity contribution in [3.05, 3.63) is 33.8 Å². The molecule has 1 atom stereocenters. The van der Waals surface area contributed by atoms with Crippen molar-refractivity contribution in [2.45, 2.75) is 13.0 Å². The van der Waals surface area contributed by atoms with E-state index in [9.17, 15) is 0 Å². The molecular weight excluding hydrogens is 216 g/mol.